The Hall–Kier alpha value is -4.46. The van der Waals surface area contributed by atoms with Crippen molar-refractivity contribution in [1.29, 1.82) is 0 Å². The van der Waals surface area contributed by atoms with Gasteiger partial charge in [0.05, 0.1) is 23.1 Å². The molecule has 9 rings (SSSR count). The number of nitrogens with one attached hydrogen (secondary N) is 1. The van der Waals surface area contributed by atoms with Crippen LogP contribution in [0.25, 0.3) is 43.8 Å². The highest BCUT2D eigenvalue weighted by Crippen LogP contribution is 2.49. The van der Waals surface area contributed by atoms with Crippen molar-refractivity contribution in [1.82, 2.24) is 20.2 Å². The van der Waals surface area contributed by atoms with E-state index < -0.39 is 11.6 Å². The number of phenols is 1. The van der Waals surface area contributed by atoms with Crippen LogP contribution in [0, 0.1) is 36.3 Å². The highest BCUT2D eigenvalue weighted by atomic mass is 19.1. The number of rotatable bonds is 5. The summed E-state index contributed by atoms with van der Waals surface area (Å²) in [6.45, 7) is 4.80. The van der Waals surface area contributed by atoms with Crippen LogP contribution in [0.15, 0.2) is 34.7 Å². The van der Waals surface area contributed by atoms with Gasteiger partial charge in [-0.05, 0) is 88.7 Å². The van der Waals surface area contributed by atoms with Crippen molar-refractivity contribution in [3.63, 3.8) is 0 Å². The van der Waals surface area contributed by atoms with Crippen molar-refractivity contribution in [3.05, 3.63) is 53.3 Å². The number of benzene rings is 3. The van der Waals surface area contributed by atoms with E-state index in [1.165, 1.54) is 24.3 Å². The van der Waals surface area contributed by atoms with Crippen LogP contribution >= 0.6 is 0 Å². The maximum atomic E-state index is 17.6. The number of fused-ring (bicyclic) bond motifs is 7. The number of anilines is 1. The lowest BCUT2D eigenvalue weighted by atomic mass is 9.76. The third-order valence-electron chi connectivity index (χ3n) is 11.7. The Kier molecular flexibility index (Phi) is 7.05. The quantitative estimate of drug-likeness (QED) is 0.194. The van der Waals surface area contributed by atoms with Crippen molar-refractivity contribution in [2.24, 2.45) is 5.41 Å². The smallest absolute Gasteiger partial charge is 0.319 e. The molecule has 2 aromatic heterocycles. The minimum Gasteiger partial charge on any atom is -0.508 e. The summed E-state index contributed by atoms with van der Waals surface area (Å²) in [4.78, 5) is 14.6. The predicted octanol–water partition coefficient (Wildman–Crippen LogP) is 7.05. The summed E-state index contributed by atoms with van der Waals surface area (Å²) in [5.74, 6) is 2.24. The molecule has 3 aliphatic heterocycles. The summed E-state index contributed by atoms with van der Waals surface area (Å²) >= 11 is 0. The second-order valence-corrected chi connectivity index (χ2v) is 14.7. The molecule has 3 saturated heterocycles. The molecule has 0 unspecified atom stereocenters. The number of aromatic nitrogens is 2. The molecular weight excluding hydrogens is 624 g/mol. The summed E-state index contributed by atoms with van der Waals surface area (Å²) in [7, 11) is 2.20. The Morgan fingerprint density at radius 1 is 1.08 bits per heavy atom. The van der Waals surface area contributed by atoms with Gasteiger partial charge in [-0.2, -0.15) is 9.97 Å². The number of phenolic OH excluding ortho intramolecular Hbond substituents is 1. The lowest BCUT2D eigenvalue weighted by molar-refractivity contribution is 0.0133. The zero-order valence-corrected chi connectivity index (χ0v) is 27.8. The van der Waals surface area contributed by atoms with Gasteiger partial charge in [-0.25, -0.2) is 8.78 Å². The fourth-order valence-corrected chi connectivity index (χ4v) is 9.59. The summed E-state index contributed by atoms with van der Waals surface area (Å²) in [6.07, 6.45) is 13.5. The van der Waals surface area contributed by atoms with E-state index >= 15 is 8.78 Å². The average molecular weight is 664 g/mol. The molecule has 4 atom stereocenters. The Morgan fingerprint density at radius 3 is 2.67 bits per heavy atom. The first kappa shape index (κ1) is 30.6. The highest BCUT2D eigenvalue weighted by Gasteiger charge is 2.47. The van der Waals surface area contributed by atoms with E-state index in [0.29, 0.717) is 57.9 Å². The van der Waals surface area contributed by atoms with E-state index in [1.807, 2.05) is 13.0 Å². The van der Waals surface area contributed by atoms with Gasteiger partial charge in [0.2, 0.25) is 0 Å². The number of piperidine rings is 1. The van der Waals surface area contributed by atoms with Crippen molar-refractivity contribution in [2.45, 2.75) is 70.0 Å². The number of piperazine rings is 1. The van der Waals surface area contributed by atoms with Gasteiger partial charge in [-0.3, -0.25) is 0 Å². The Labute approximate surface area is 283 Å². The number of furan rings is 1. The van der Waals surface area contributed by atoms with Gasteiger partial charge < -0.3 is 29.4 Å². The molecule has 252 valence electrons. The summed E-state index contributed by atoms with van der Waals surface area (Å²) < 4.78 is 45.5. The van der Waals surface area contributed by atoms with Crippen LogP contribution in [0.3, 0.4) is 0 Å². The molecule has 5 aromatic rings. The van der Waals surface area contributed by atoms with Gasteiger partial charge in [0.15, 0.2) is 5.82 Å². The summed E-state index contributed by atoms with van der Waals surface area (Å²) in [5, 5.41) is 16.5. The second kappa shape index (κ2) is 11.3. The van der Waals surface area contributed by atoms with Gasteiger partial charge in [-0.15, -0.1) is 6.42 Å². The zero-order valence-electron chi connectivity index (χ0n) is 27.8. The molecule has 4 aliphatic rings. The maximum absolute atomic E-state index is 17.6. The molecule has 2 N–H and O–H groups in total. The predicted molar refractivity (Wildman–Crippen MR) is 186 cm³/mol. The summed E-state index contributed by atoms with van der Waals surface area (Å²) in [6, 6.07) is 8.76. The van der Waals surface area contributed by atoms with Gasteiger partial charge in [0.1, 0.15) is 34.2 Å². The zero-order chi connectivity index (χ0) is 33.6. The third kappa shape index (κ3) is 4.77. The third-order valence-corrected chi connectivity index (χ3v) is 11.7. The monoisotopic (exact) mass is 663 g/mol. The van der Waals surface area contributed by atoms with Crippen LogP contribution in [-0.2, 0) is 0 Å². The molecule has 4 fully saturated rings. The maximum Gasteiger partial charge on any atom is 0.319 e. The van der Waals surface area contributed by atoms with Crippen molar-refractivity contribution < 1.29 is 23.0 Å². The van der Waals surface area contributed by atoms with E-state index in [9.17, 15) is 5.11 Å². The van der Waals surface area contributed by atoms with E-state index in [2.05, 4.69) is 28.1 Å². The van der Waals surface area contributed by atoms with Crippen molar-refractivity contribution in [3.8, 4) is 35.2 Å². The average Bonchev–Trinajstić information content (AvgIpc) is 3.80. The standard InChI is InChI=1S/C39H39F2N5O3/c1-4-26-29(40)11-8-22-16-25(47)17-27(31(22)26)32-34(41)35-33(28-15-21(2)49-36(28)32)37(46-18-23-9-10-24(19-46)42-23)44-38(43-35)48-20-39-12-5-7-30(39)45(3)14-6-13-39/h1,8,11,15-17,23-24,30,42,47H,5-7,9-10,12-14,18-20H2,2-3H3/t23-,24+,30-,39+/m0/s1. The Balaban J connectivity index is 1.29. The van der Waals surface area contributed by atoms with Crippen molar-refractivity contribution >= 4 is 38.5 Å². The van der Waals surface area contributed by atoms with E-state index in [-0.39, 0.29) is 45.0 Å². The molecule has 1 saturated carbocycles. The number of aromatic hydroxyl groups is 1. The first-order valence-electron chi connectivity index (χ1n) is 17.4. The van der Waals surface area contributed by atoms with Crippen molar-refractivity contribution in [2.75, 3.05) is 38.2 Å². The molecule has 10 heteroatoms. The minimum atomic E-state index is -0.670. The van der Waals surface area contributed by atoms with Crippen LogP contribution in [0.2, 0.25) is 0 Å². The van der Waals surface area contributed by atoms with Gasteiger partial charge in [0.25, 0.3) is 0 Å². The van der Waals surface area contributed by atoms with Gasteiger partial charge in [0, 0.05) is 53.0 Å². The van der Waals surface area contributed by atoms with Gasteiger partial charge in [-0.1, -0.05) is 18.4 Å². The first-order chi connectivity index (χ1) is 23.7. The lowest BCUT2D eigenvalue weighted by Gasteiger charge is -2.44. The first-order valence-corrected chi connectivity index (χ1v) is 17.4. The molecule has 49 heavy (non-hydrogen) atoms. The number of halogens is 2. The number of hydrogen-bond donors (Lipinski definition) is 2. The second-order valence-electron chi connectivity index (χ2n) is 14.7. The number of aryl methyl sites for hydroxylation is 1. The van der Waals surface area contributed by atoms with Crippen LogP contribution in [0.5, 0.6) is 11.8 Å². The van der Waals surface area contributed by atoms with E-state index in [1.54, 1.807) is 0 Å². The molecule has 0 amide bonds. The molecule has 3 aromatic carbocycles. The molecule has 5 heterocycles. The molecule has 0 spiro atoms. The molecule has 2 bridgehead atoms. The highest BCUT2D eigenvalue weighted by molar-refractivity contribution is 6.18. The number of nitrogens with zero attached hydrogens (tertiary/aromatic N) is 4. The minimum absolute atomic E-state index is 0.00510. The fraction of sp³-hybridized carbons (Fsp3) is 0.436. The van der Waals surface area contributed by atoms with Gasteiger partial charge >= 0.3 is 6.01 Å². The Bertz CT molecular complexity index is 2200. The number of hydrogen-bond acceptors (Lipinski definition) is 8. The van der Waals surface area contributed by atoms with Crippen LogP contribution < -0.4 is 15.0 Å². The molecule has 8 nitrogen and oxygen atoms in total. The number of likely N-dealkylation sites (tertiary alicyclic amines) is 1. The Morgan fingerprint density at radius 2 is 1.88 bits per heavy atom. The largest absolute Gasteiger partial charge is 0.508 e. The lowest BCUT2D eigenvalue weighted by Crippen LogP contribution is -2.51. The fourth-order valence-electron chi connectivity index (χ4n) is 9.59. The molecular formula is C39H39F2N5O3. The van der Waals surface area contributed by atoms with Crippen LogP contribution in [0.4, 0.5) is 14.6 Å². The van der Waals surface area contributed by atoms with Crippen LogP contribution in [0.1, 0.15) is 56.3 Å². The van der Waals surface area contributed by atoms with E-state index in [0.717, 1.165) is 64.6 Å². The topological polar surface area (TPSA) is 86.9 Å². The number of terminal acetylenes is 1. The molecule has 0 radical (unpaired) electrons. The van der Waals surface area contributed by atoms with Crippen LogP contribution in [-0.4, -0.2) is 71.4 Å². The summed E-state index contributed by atoms with van der Waals surface area (Å²) in [5.41, 5.74) is 0.613. The van der Waals surface area contributed by atoms with E-state index in [4.69, 9.17) is 25.5 Å². The normalized spacial score (nSPS) is 25.4. The number of ether oxygens (including phenoxy) is 1. The SMILES string of the molecule is C#Cc1c(F)ccc2cc(O)cc(-c3c(F)c4nc(OC[C@]56CCC[C@@H]5N(C)CCC6)nc(N5C[C@H]6CC[C@@H](C5)N6)c4c4cc(C)oc34)c12. The molecule has 1 aliphatic carbocycles.